The van der Waals surface area contributed by atoms with Gasteiger partial charge in [0, 0.05) is 42.6 Å². The molecule has 0 bridgehead atoms. The Labute approximate surface area is 180 Å². The molecule has 29 heavy (non-hydrogen) atoms. The van der Waals surface area contributed by atoms with Crippen LogP contribution in [0.1, 0.15) is 22.1 Å². The van der Waals surface area contributed by atoms with Gasteiger partial charge in [0.25, 0.3) is 5.91 Å². The van der Waals surface area contributed by atoms with E-state index in [2.05, 4.69) is 10.2 Å². The van der Waals surface area contributed by atoms with Crippen LogP contribution in [-0.2, 0) is 11.8 Å². The first-order valence-corrected chi connectivity index (χ1v) is 10.4. The lowest BCUT2D eigenvalue weighted by atomic mass is 10.0. The van der Waals surface area contributed by atoms with Crippen LogP contribution in [0.3, 0.4) is 0 Å². The van der Waals surface area contributed by atoms with Crippen molar-refractivity contribution in [2.75, 3.05) is 32.8 Å². The molecule has 1 atom stereocenters. The molecule has 1 aliphatic heterocycles. The first kappa shape index (κ1) is 20.2. The molecule has 1 N–H and O–H groups in total. The number of ether oxygens (including phenoxy) is 1. The minimum absolute atomic E-state index is 0.0357. The van der Waals surface area contributed by atoms with Gasteiger partial charge in [0.1, 0.15) is 5.69 Å². The quantitative estimate of drug-likeness (QED) is 0.655. The van der Waals surface area contributed by atoms with E-state index >= 15 is 0 Å². The largest absolute Gasteiger partial charge is 0.379 e. The topological polar surface area (TPSA) is 46.5 Å². The number of nitrogens with zero attached hydrogens (tertiary/aromatic N) is 2. The van der Waals surface area contributed by atoms with Crippen LogP contribution in [0, 0.1) is 0 Å². The van der Waals surface area contributed by atoms with Gasteiger partial charge < -0.3 is 14.6 Å². The number of carbonyl (C=O) groups is 1. The molecule has 1 saturated heterocycles. The maximum absolute atomic E-state index is 13.0. The molecule has 4 rings (SSSR count). The summed E-state index contributed by atoms with van der Waals surface area (Å²) in [5, 5.41) is 5.15. The number of benzene rings is 2. The first-order chi connectivity index (χ1) is 14.1. The van der Waals surface area contributed by atoms with Crippen molar-refractivity contribution in [1.82, 2.24) is 14.8 Å². The van der Waals surface area contributed by atoms with Crippen LogP contribution >= 0.6 is 23.2 Å². The van der Waals surface area contributed by atoms with Crippen molar-refractivity contribution in [2.45, 2.75) is 6.04 Å². The molecule has 2 aromatic carbocycles. The molecule has 0 spiro atoms. The molecule has 7 heteroatoms. The highest BCUT2D eigenvalue weighted by atomic mass is 35.5. The van der Waals surface area contributed by atoms with Gasteiger partial charge in [-0.1, -0.05) is 53.5 Å². The van der Waals surface area contributed by atoms with Gasteiger partial charge in [0.05, 0.1) is 24.3 Å². The molecule has 1 amide bonds. The Balaban J connectivity index is 1.57. The van der Waals surface area contributed by atoms with E-state index in [0.29, 0.717) is 35.5 Å². The highest BCUT2D eigenvalue weighted by Crippen LogP contribution is 2.30. The van der Waals surface area contributed by atoms with Crippen molar-refractivity contribution in [3.63, 3.8) is 0 Å². The second-order valence-corrected chi connectivity index (χ2v) is 7.98. The van der Waals surface area contributed by atoms with Gasteiger partial charge in [-0.3, -0.25) is 9.69 Å². The molecule has 2 heterocycles. The second kappa shape index (κ2) is 8.76. The number of aromatic nitrogens is 1. The van der Waals surface area contributed by atoms with Gasteiger partial charge in [-0.25, -0.2) is 0 Å². The van der Waals surface area contributed by atoms with Crippen molar-refractivity contribution >= 4 is 40.0 Å². The van der Waals surface area contributed by atoms with Crippen LogP contribution in [0.4, 0.5) is 0 Å². The predicted octanol–water partition coefficient (Wildman–Crippen LogP) is 4.29. The summed E-state index contributed by atoms with van der Waals surface area (Å²) in [5.74, 6) is -0.180. The number of carbonyl (C=O) groups excluding carboxylic acids is 1. The number of rotatable bonds is 5. The first-order valence-electron chi connectivity index (χ1n) is 9.64. The Morgan fingerprint density at radius 1 is 1.10 bits per heavy atom. The fourth-order valence-electron chi connectivity index (χ4n) is 3.90. The Morgan fingerprint density at radius 3 is 2.48 bits per heavy atom. The number of morpholine rings is 1. The average molecular weight is 432 g/mol. The maximum Gasteiger partial charge on any atom is 0.269 e. The molecule has 1 fully saturated rings. The normalized spacial score (nSPS) is 16.1. The Kier molecular flexibility index (Phi) is 6.11. The van der Waals surface area contributed by atoms with E-state index in [-0.39, 0.29) is 11.9 Å². The SMILES string of the molecule is Cn1c(C(=O)NCC(c2ccc(Cl)cc2)N2CCOCC2)c(Cl)c2ccccc21. The molecule has 0 radical (unpaired) electrons. The number of fused-ring (bicyclic) bond motifs is 1. The van der Waals surface area contributed by atoms with Gasteiger partial charge in [0.2, 0.25) is 0 Å². The predicted molar refractivity (Wildman–Crippen MR) is 117 cm³/mol. The fraction of sp³-hybridized carbons (Fsp3) is 0.318. The molecule has 1 unspecified atom stereocenters. The summed E-state index contributed by atoms with van der Waals surface area (Å²) in [6.45, 7) is 3.48. The summed E-state index contributed by atoms with van der Waals surface area (Å²) in [4.78, 5) is 15.4. The van der Waals surface area contributed by atoms with Crippen LogP contribution < -0.4 is 5.32 Å². The number of para-hydroxylation sites is 1. The molecular weight excluding hydrogens is 409 g/mol. The van der Waals surface area contributed by atoms with E-state index < -0.39 is 0 Å². The number of aryl methyl sites for hydroxylation is 1. The lowest BCUT2D eigenvalue weighted by Gasteiger charge is -2.35. The fourth-order valence-corrected chi connectivity index (χ4v) is 4.40. The molecular formula is C22H23Cl2N3O2. The zero-order valence-corrected chi connectivity index (χ0v) is 17.7. The Bertz CT molecular complexity index is 972. The zero-order chi connectivity index (χ0) is 20.4. The zero-order valence-electron chi connectivity index (χ0n) is 16.2. The summed E-state index contributed by atoms with van der Waals surface area (Å²) < 4.78 is 7.34. The van der Waals surface area contributed by atoms with Crippen molar-refractivity contribution < 1.29 is 9.53 Å². The van der Waals surface area contributed by atoms with Crippen molar-refractivity contribution in [1.29, 1.82) is 0 Å². The van der Waals surface area contributed by atoms with E-state index in [0.717, 1.165) is 29.6 Å². The van der Waals surface area contributed by atoms with E-state index in [9.17, 15) is 4.79 Å². The third-order valence-corrected chi connectivity index (χ3v) is 6.09. The summed E-state index contributed by atoms with van der Waals surface area (Å²) >= 11 is 12.6. The van der Waals surface area contributed by atoms with Crippen molar-refractivity contribution in [2.24, 2.45) is 7.05 Å². The summed E-state index contributed by atoms with van der Waals surface area (Å²) in [6, 6.07) is 15.6. The number of nitrogens with one attached hydrogen (secondary N) is 1. The Morgan fingerprint density at radius 2 is 1.79 bits per heavy atom. The van der Waals surface area contributed by atoms with Crippen molar-refractivity contribution in [3.05, 3.63) is 69.8 Å². The average Bonchev–Trinajstić information content (AvgIpc) is 3.01. The van der Waals surface area contributed by atoms with Crippen LogP contribution in [-0.4, -0.2) is 48.2 Å². The molecule has 3 aromatic rings. The molecule has 1 aromatic heterocycles. The standard InChI is InChI=1S/C22H23Cl2N3O2/c1-26-18-5-3-2-4-17(18)20(24)21(26)22(28)25-14-19(27-10-12-29-13-11-27)15-6-8-16(23)9-7-15/h2-9,19H,10-14H2,1H3,(H,25,28). The van der Waals surface area contributed by atoms with Crippen LogP contribution in [0.2, 0.25) is 10.0 Å². The van der Waals surface area contributed by atoms with Gasteiger partial charge in [-0.05, 0) is 23.8 Å². The van der Waals surface area contributed by atoms with Gasteiger partial charge in [-0.2, -0.15) is 0 Å². The van der Waals surface area contributed by atoms with E-state index in [4.69, 9.17) is 27.9 Å². The summed E-state index contributed by atoms with van der Waals surface area (Å²) in [6.07, 6.45) is 0. The van der Waals surface area contributed by atoms with Crippen LogP contribution in [0.25, 0.3) is 10.9 Å². The highest BCUT2D eigenvalue weighted by molar-refractivity contribution is 6.38. The molecule has 5 nitrogen and oxygen atoms in total. The van der Waals surface area contributed by atoms with E-state index in [1.54, 1.807) is 0 Å². The van der Waals surface area contributed by atoms with Gasteiger partial charge >= 0.3 is 0 Å². The van der Waals surface area contributed by atoms with Crippen molar-refractivity contribution in [3.8, 4) is 0 Å². The van der Waals surface area contributed by atoms with Crippen LogP contribution in [0.15, 0.2) is 48.5 Å². The summed E-state index contributed by atoms with van der Waals surface area (Å²) in [7, 11) is 1.86. The van der Waals surface area contributed by atoms with Crippen LogP contribution in [0.5, 0.6) is 0 Å². The Hall–Kier alpha value is -2.05. The monoisotopic (exact) mass is 431 g/mol. The molecule has 0 saturated carbocycles. The third kappa shape index (κ3) is 4.14. The second-order valence-electron chi connectivity index (χ2n) is 7.16. The minimum atomic E-state index is -0.180. The molecule has 152 valence electrons. The number of amides is 1. The molecule has 0 aliphatic carbocycles. The summed E-state index contributed by atoms with van der Waals surface area (Å²) in [5.41, 5.74) is 2.52. The number of hydrogen-bond donors (Lipinski definition) is 1. The number of hydrogen-bond acceptors (Lipinski definition) is 3. The smallest absolute Gasteiger partial charge is 0.269 e. The van der Waals surface area contributed by atoms with E-state index in [1.165, 1.54) is 0 Å². The highest BCUT2D eigenvalue weighted by Gasteiger charge is 2.25. The lowest BCUT2D eigenvalue weighted by molar-refractivity contribution is 0.0162. The van der Waals surface area contributed by atoms with E-state index in [1.807, 2.05) is 60.1 Å². The van der Waals surface area contributed by atoms with Gasteiger partial charge in [0.15, 0.2) is 0 Å². The minimum Gasteiger partial charge on any atom is -0.379 e. The maximum atomic E-state index is 13.0. The molecule has 1 aliphatic rings. The third-order valence-electron chi connectivity index (χ3n) is 5.46. The number of halogens is 2. The lowest BCUT2D eigenvalue weighted by Crippen LogP contribution is -2.44. The van der Waals surface area contributed by atoms with Gasteiger partial charge in [-0.15, -0.1) is 0 Å².